The quantitative estimate of drug-likeness (QED) is 0.273. The SMILES string of the molecule is COc1ccc2c(O[C@@H]3C[C@H]4C(=O)C[C@]5(C(=O)NS(=O)(=O)C6(C)CC6)C[C@H]5/C=C\CC[C@@H](C)C[C@@H](C)[C@H](CC(=O)OC(C)(C)C)C(=O)N4C3)cnnc2c1. The van der Waals surface area contributed by atoms with Crippen molar-refractivity contribution in [3.8, 4) is 11.5 Å². The van der Waals surface area contributed by atoms with E-state index in [4.69, 9.17) is 14.2 Å². The first-order chi connectivity index (χ1) is 25.3. The summed E-state index contributed by atoms with van der Waals surface area (Å²) in [6, 6.07) is 4.34. The highest BCUT2D eigenvalue weighted by Gasteiger charge is 2.62. The molecule has 1 N–H and O–H groups in total. The van der Waals surface area contributed by atoms with E-state index in [2.05, 4.69) is 21.8 Å². The zero-order valence-electron chi connectivity index (χ0n) is 32.4. The number of ether oxygens (including phenoxy) is 3. The van der Waals surface area contributed by atoms with Crippen LogP contribution in [0.3, 0.4) is 0 Å². The van der Waals surface area contributed by atoms with Crippen LogP contribution in [-0.2, 0) is 33.9 Å². The van der Waals surface area contributed by atoms with E-state index < -0.39 is 55.7 Å². The molecule has 2 amide bonds. The maximum absolute atomic E-state index is 14.8. The van der Waals surface area contributed by atoms with E-state index in [0.717, 1.165) is 12.8 Å². The second-order valence-electron chi connectivity index (χ2n) is 17.3. The summed E-state index contributed by atoms with van der Waals surface area (Å²) >= 11 is 0. The van der Waals surface area contributed by atoms with Crippen LogP contribution in [-0.4, -0.2) is 83.2 Å². The summed E-state index contributed by atoms with van der Waals surface area (Å²) in [6.07, 6.45) is 7.98. The minimum Gasteiger partial charge on any atom is -0.497 e. The molecule has 3 heterocycles. The van der Waals surface area contributed by atoms with Crippen LogP contribution in [0.15, 0.2) is 36.5 Å². The van der Waals surface area contributed by atoms with Crippen LogP contribution < -0.4 is 14.2 Å². The number of carbonyl (C=O) groups is 4. The van der Waals surface area contributed by atoms with Crippen molar-refractivity contribution in [2.45, 2.75) is 122 Å². The lowest BCUT2D eigenvalue weighted by atomic mass is 9.82. The molecular weight excluding hydrogens is 713 g/mol. The summed E-state index contributed by atoms with van der Waals surface area (Å²) in [4.78, 5) is 58.2. The molecule has 294 valence electrons. The number of aromatic nitrogens is 2. The first-order valence-electron chi connectivity index (χ1n) is 19.1. The zero-order chi connectivity index (χ0) is 39.2. The molecule has 2 aliphatic heterocycles. The number of fused-ring (bicyclic) bond motifs is 3. The lowest BCUT2D eigenvalue weighted by Crippen LogP contribution is -2.48. The van der Waals surface area contributed by atoms with Gasteiger partial charge in [0.1, 0.15) is 28.7 Å². The van der Waals surface area contributed by atoms with Crippen molar-refractivity contribution in [3.05, 3.63) is 36.5 Å². The van der Waals surface area contributed by atoms with Crippen LogP contribution in [0.5, 0.6) is 11.5 Å². The summed E-state index contributed by atoms with van der Waals surface area (Å²) in [7, 11) is -2.39. The Morgan fingerprint density at radius 2 is 1.85 bits per heavy atom. The molecule has 6 rings (SSSR count). The van der Waals surface area contributed by atoms with E-state index in [1.807, 2.05) is 25.1 Å². The number of amides is 2. The molecule has 14 heteroatoms. The van der Waals surface area contributed by atoms with Crippen LogP contribution in [0.2, 0.25) is 0 Å². The van der Waals surface area contributed by atoms with E-state index >= 15 is 0 Å². The number of methoxy groups -OCH3 is 1. The fraction of sp³-hybridized carbons (Fsp3) is 0.650. The van der Waals surface area contributed by atoms with Crippen molar-refractivity contribution in [3.63, 3.8) is 0 Å². The van der Waals surface area contributed by atoms with Gasteiger partial charge in [0.2, 0.25) is 21.8 Å². The molecule has 13 nitrogen and oxygen atoms in total. The predicted molar refractivity (Wildman–Crippen MR) is 201 cm³/mol. The third-order valence-corrected chi connectivity index (χ3v) is 13.9. The van der Waals surface area contributed by atoms with Gasteiger partial charge < -0.3 is 19.1 Å². The number of rotatable bonds is 8. The first kappa shape index (κ1) is 39.6. The minimum absolute atomic E-state index is 0.0531. The number of sulfonamides is 1. The average Bonchev–Trinajstić information content (AvgIpc) is 3.97. The summed E-state index contributed by atoms with van der Waals surface area (Å²) in [5, 5.41) is 8.99. The molecule has 0 radical (unpaired) electrons. The molecule has 54 heavy (non-hydrogen) atoms. The van der Waals surface area contributed by atoms with Crippen LogP contribution in [0.4, 0.5) is 0 Å². The van der Waals surface area contributed by atoms with Crippen molar-refractivity contribution in [1.82, 2.24) is 19.8 Å². The Kier molecular flexibility index (Phi) is 10.9. The van der Waals surface area contributed by atoms with E-state index in [-0.39, 0.29) is 55.3 Å². The van der Waals surface area contributed by atoms with Gasteiger partial charge in [-0.25, -0.2) is 8.42 Å². The number of nitrogens with zero attached hydrogens (tertiary/aromatic N) is 3. The summed E-state index contributed by atoms with van der Waals surface area (Å²) in [6.45, 7) is 11.1. The van der Waals surface area contributed by atoms with E-state index in [1.165, 1.54) is 11.1 Å². The van der Waals surface area contributed by atoms with E-state index in [1.54, 1.807) is 46.9 Å². The molecule has 0 spiro atoms. The molecule has 0 unspecified atom stereocenters. The van der Waals surface area contributed by atoms with Crippen molar-refractivity contribution in [2.24, 2.45) is 29.1 Å². The maximum Gasteiger partial charge on any atom is 0.307 e. The van der Waals surface area contributed by atoms with Crippen molar-refractivity contribution in [2.75, 3.05) is 13.7 Å². The lowest BCUT2D eigenvalue weighted by molar-refractivity contribution is -0.160. The van der Waals surface area contributed by atoms with Crippen LogP contribution in [0.1, 0.15) is 99.3 Å². The monoisotopic (exact) mass is 766 g/mol. The molecule has 7 atom stereocenters. The van der Waals surface area contributed by atoms with Gasteiger partial charge in [0.15, 0.2) is 5.78 Å². The van der Waals surface area contributed by atoms with Crippen molar-refractivity contribution < 1.29 is 41.8 Å². The fourth-order valence-corrected chi connectivity index (χ4v) is 9.40. The number of benzene rings is 1. The number of Topliss-reactive ketones (excluding diaryl/α,β-unsaturated/α-hetero) is 1. The highest BCUT2D eigenvalue weighted by Crippen LogP contribution is 2.57. The normalized spacial score (nSPS) is 30.6. The zero-order valence-corrected chi connectivity index (χ0v) is 33.2. The van der Waals surface area contributed by atoms with Gasteiger partial charge in [0, 0.05) is 24.3 Å². The Hall–Kier alpha value is -4.07. The number of hydrogen-bond donors (Lipinski definition) is 1. The molecule has 1 aromatic heterocycles. The largest absolute Gasteiger partial charge is 0.497 e. The molecular formula is C40H54N4O9S. The van der Waals surface area contributed by atoms with Gasteiger partial charge in [0.25, 0.3) is 0 Å². The van der Waals surface area contributed by atoms with Crippen LogP contribution in [0.25, 0.3) is 10.9 Å². The first-order valence-corrected chi connectivity index (χ1v) is 20.6. The second kappa shape index (κ2) is 14.9. The number of hydrogen-bond acceptors (Lipinski definition) is 11. The van der Waals surface area contributed by atoms with E-state index in [9.17, 15) is 27.6 Å². The second-order valence-corrected chi connectivity index (χ2v) is 19.5. The molecule has 3 fully saturated rings. The highest BCUT2D eigenvalue weighted by atomic mass is 32.2. The van der Waals surface area contributed by atoms with Gasteiger partial charge >= 0.3 is 5.97 Å². The van der Waals surface area contributed by atoms with Gasteiger partial charge in [-0.1, -0.05) is 26.0 Å². The van der Waals surface area contributed by atoms with Crippen LogP contribution >= 0.6 is 0 Å². The van der Waals surface area contributed by atoms with Crippen LogP contribution in [0, 0.1) is 29.1 Å². The van der Waals surface area contributed by atoms with E-state index in [0.29, 0.717) is 48.1 Å². The number of allylic oxidation sites excluding steroid dienone is 2. The molecule has 1 saturated heterocycles. The van der Waals surface area contributed by atoms with Crippen molar-refractivity contribution in [1.29, 1.82) is 0 Å². The lowest BCUT2D eigenvalue weighted by Gasteiger charge is -2.32. The summed E-state index contributed by atoms with van der Waals surface area (Å²) < 4.78 is 45.3. The number of esters is 1. The maximum atomic E-state index is 14.8. The Morgan fingerprint density at radius 3 is 2.54 bits per heavy atom. The topological polar surface area (TPSA) is 171 Å². The Balaban J connectivity index is 1.35. The summed E-state index contributed by atoms with van der Waals surface area (Å²) in [5.41, 5.74) is -1.47. The standard InChI is InChI=1S/C40H54N4O9S/c1-24-10-8-9-11-26-20-40(26,37(48)43-54(49,50)39(6)14-15-39)21-33(45)32-18-28(52-34-22-41-42-31-17-27(51-7)12-13-29(31)34)23-44(32)36(47)30(25(2)16-24)19-35(46)53-38(3,4)5/h9,11-13,17,22,24-26,28,30,32H,8,10,14-16,18-21,23H2,1-7H3,(H,43,48)/b11-9-/t24-,25-,26-,28-,30+,32+,40-/m1/s1. The van der Waals surface area contributed by atoms with Gasteiger partial charge in [0.05, 0.1) is 48.4 Å². The molecule has 1 aromatic carbocycles. The molecule has 0 bridgehead atoms. The fourth-order valence-electron chi connectivity index (χ4n) is 8.06. The van der Waals surface area contributed by atoms with Gasteiger partial charge in [-0.2, -0.15) is 10.2 Å². The third kappa shape index (κ3) is 8.43. The number of nitrogens with one attached hydrogen (secondary N) is 1. The number of carbonyl (C=O) groups excluding carboxylic acids is 4. The van der Waals surface area contributed by atoms with Gasteiger partial charge in [-0.05, 0) is 96.1 Å². The molecule has 2 saturated carbocycles. The Bertz CT molecular complexity index is 1940. The molecule has 2 aliphatic carbocycles. The predicted octanol–water partition coefficient (Wildman–Crippen LogP) is 5.31. The van der Waals surface area contributed by atoms with Gasteiger partial charge in [-0.3, -0.25) is 23.9 Å². The number of ketones is 1. The van der Waals surface area contributed by atoms with Gasteiger partial charge in [-0.15, -0.1) is 0 Å². The smallest absolute Gasteiger partial charge is 0.307 e. The minimum atomic E-state index is -3.95. The Morgan fingerprint density at radius 1 is 1.11 bits per heavy atom. The summed E-state index contributed by atoms with van der Waals surface area (Å²) in [5.74, 6) is -1.97. The highest BCUT2D eigenvalue weighted by molar-refractivity contribution is 7.91. The average molecular weight is 767 g/mol. The molecule has 4 aliphatic rings. The Labute approximate surface area is 318 Å². The van der Waals surface area contributed by atoms with Crippen molar-refractivity contribution >= 4 is 44.5 Å². The molecule has 2 aromatic rings. The third-order valence-electron chi connectivity index (χ3n) is 11.7.